The van der Waals surface area contributed by atoms with E-state index in [0.29, 0.717) is 0 Å². The van der Waals surface area contributed by atoms with Crippen molar-refractivity contribution in [2.24, 2.45) is 0 Å². The molecule has 0 unspecified atom stereocenters. The molecular formula is C14H19N. The fourth-order valence-electron chi connectivity index (χ4n) is 1.64. The van der Waals surface area contributed by atoms with Gasteiger partial charge in [0.15, 0.2) is 0 Å². The first kappa shape index (κ1) is 11.6. The lowest BCUT2D eigenvalue weighted by Crippen LogP contribution is -2.15. The van der Waals surface area contributed by atoms with Crippen LogP contribution in [0.15, 0.2) is 54.9 Å². The molecule has 0 amide bonds. The minimum Gasteiger partial charge on any atom is -0.348 e. The van der Waals surface area contributed by atoms with E-state index in [1.54, 1.807) is 0 Å². The molecule has 0 aliphatic heterocycles. The highest BCUT2D eigenvalue weighted by Crippen LogP contribution is 2.13. The number of allylic oxidation sites excluding steroid dienone is 2. The van der Waals surface area contributed by atoms with Crippen LogP contribution in [0.5, 0.6) is 0 Å². The van der Waals surface area contributed by atoms with Crippen molar-refractivity contribution in [2.45, 2.75) is 26.8 Å². The maximum Gasteiger partial charge on any atom is 0.0472 e. The first-order chi connectivity index (χ1) is 7.31. The van der Waals surface area contributed by atoms with Gasteiger partial charge in [-0.2, -0.15) is 0 Å². The predicted molar refractivity (Wildman–Crippen MR) is 66.2 cm³/mol. The zero-order valence-electron chi connectivity index (χ0n) is 9.61. The van der Waals surface area contributed by atoms with Gasteiger partial charge in [0.25, 0.3) is 0 Å². The normalized spacial score (nSPS) is 11.2. The van der Waals surface area contributed by atoms with Crippen LogP contribution in [0.4, 0.5) is 0 Å². The molecule has 0 fully saturated rings. The molecule has 80 valence electrons. The van der Waals surface area contributed by atoms with E-state index in [2.05, 4.69) is 55.7 Å². The van der Waals surface area contributed by atoms with E-state index >= 15 is 0 Å². The first-order valence-corrected chi connectivity index (χ1v) is 5.40. The van der Waals surface area contributed by atoms with Crippen molar-refractivity contribution in [1.82, 2.24) is 4.90 Å². The zero-order chi connectivity index (χ0) is 11.1. The minimum atomic E-state index is 0.901. The van der Waals surface area contributed by atoms with Crippen LogP contribution in [0.1, 0.15) is 25.8 Å². The van der Waals surface area contributed by atoms with Crippen LogP contribution in [0.2, 0.25) is 0 Å². The highest BCUT2D eigenvalue weighted by Gasteiger charge is 2.03. The third-order valence-corrected chi connectivity index (χ3v) is 2.48. The zero-order valence-corrected chi connectivity index (χ0v) is 9.61. The fourth-order valence-corrected chi connectivity index (χ4v) is 1.64. The third-order valence-electron chi connectivity index (χ3n) is 2.48. The molecule has 1 rings (SSSR count). The Balaban J connectivity index is 2.74. The summed E-state index contributed by atoms with van der Waals surface area (Å²) in [5.41, 5.74) is 2.62. The van der Waals surface area contributed by atoms with Gasteiger partial charge in [-0.1, -0.05) is 49.9 Å². The lowest BCUT2D eigenvalue weighted by molar-refractivity contribution is 0.445. The van der Waals surface area contributed by atoms with Gasteiger partial charge in [0.1, 0.15) is 0 Å². The molecule has 0 bridgehead atoms. The molecule has 0 saturated carbocycles. The van der Waals surface area contributed by atoms with Gasteiger partial charge in [-0.3, -0.25) is 0 Å². The summed E-state index contributed by atoms with van der Waals surface area (Å²) >= 11 is 0. The Morgan fingerprint density at radius 3 is 2.47 bits per heavy atom. The van der Waals surface area contributed by atoms with Crippen LogP contribution < -0.4 is 0 Å². The lowest BCUT2D eigenvalue weighted by Gasteiger charge is -2.22. The second-order valence-electron chi connectivity index (χ2n) is 3.43. The van der Waals surface area contributed by atoms with Crippen molar-refractivity contribution in [3.63, 3.8) is 0 Å². The second kappa shape index (κ2) is 6.07. The first-order valence-electron chi connectivity index (χ1n) is 5.40. The van der Waals surface area contributed by atoms with Crippen LogP contribution in [0.3, 0.4) is 0 Å². The van der Waals surface area contributed by atoms with Crippen molar-refractivity contribution >= 4 is 0 Å². The van der Waals surface area contributed by atoms with E-state index in [-0.39, 0.29) is 0 Å². The van der Waals surface area contributed by atoms with Crippen molar-refractivity contribution in [2.75, 3.05) is 0 Å². The molecule has 1 aromatic carbocycles. The largest absolute Gasteiger partial charge is 0.348 e. The number of rotatable bonds is 5. The van der Waals surface area contributed by atoms with E-state index in [1.165, 1.54) is 11.3 Å². The van der Waals surface area contributed by atoms with E-state index in [9.17, 15) is 0 Å². The van der Waals surface area contributed by atoms with E-state index in [0.717, 1.165) is 13.0 Å². The molecule has 0 aromatic heterocycles. The molecule has 0 aliphatic carbocycles. The Hall–Kier alpha value is -1.50. The maximum atomic E-state index is 3.86. The highest BCUT2D eigenvalue weighted by molar-refractivity contribution is 5.16. The molecular weight excluding hydrogens is 182 g/mol. The molecule has 0 heterocycles. The Morgan fingerprint density at radius 1 is 1.33 bits per heavy atom. The summed E-state index contributed by atoms with van der Waals surface area (Å²) in [7, 11) is 0. The number of hydrogen-bond acceptors (Lipinski definition) is 1. The minimum absolute atomic E-state index is 0.901. The Morgan fingerprint density at radius 2 is 2.00 bits per heavy atom. The summed E-state index contributed by atoms with van der Waals surface area (Å²) in [4.78, 5) is 2.19. The topological polar surface area (TPSA) is 3.24 Å². The van der Waals surface area contributed by atoms with Crippen LogP contribution in [-0.4, -0.2) is 4.90 Å². The van der Waals surface area contributed by atoms with Crippen LogP contribution in [-0.2, 0) is 6.54 Å². The quantitative estimate of drug-likeness (QED) is 0.697. The van der Waals surface area contributed by atoms with Gasteiger partial charge in [-0.15, -0.1) is 0 Å². The smallest absolute Gasteiger partial charge is 0.0472 e. The Bertz CT molecular complexity index is 324. The van der Waals surface area contributed by atoms with Crippen LogP contribution in [0, 0.1) is 0 Å². The molecule has 1 nitrogen and oxygen atoms in total. The molecule has 0 saturated heterocycles. The van der Waals surface area contributed by atoms with Crippen molar-refractivity contribution in [3.05, 3.63) is 60.4 Å². The fraction of sp³-hybridized carbons (Fsp3) is 0.286. The molecule has 0 atom stereocenters. The molecule has 15 heavy (non-hydrogen) atoms. The van der Waals surface area contributed by atoms with E-state index < -0.39 is 0 Å². The molecule has 0 radical (unpaired) electrons. The van der Waals surface area contributed by atoms with E-state index in [4.69, 9.17) is 0 Å². The van der Waals surface area contributed by atoms with Gasteiger partial charge in [0.2, 0.25) is 0 Å². The number of hydrogen-bond donors (Lipinski definition) is 0. The van der Waals surface area contributed by atoms with Crippen molar-refractivity contribution in [3.8, 4) is 0 Å². The SMILES string of the molecule is C=CN(Cc1ccccc1)/C(=C/C)CC. The van der Waals surface area contributed by atoms with E-state index in [1.807, 2.05) is 12.3 Å². The summed E-state index contributed by atoms with van der Waals surface area (Å²) in [5.74, 6) is 0. The Labute approximate surface area is 92.7 Å². The molecule has 0 spiro atoms. The predicted octanol–water partition coefficient (Wildman–Crippen LogP) is 3.95. The van der Waals surface area contributed by atoms with Crippen molar-refractivity contribution < 1.29 is 0 Å². The van der Waals surface area contributed by atoms with Crippen LogP contribution in [0.25, 0.3) is 0 Å². The standard InChI is InChI=1S/C14H19N/c1-4-14(5-2)15(6-3)12-13-10-8-7-9-11-13/h4,6-11H,3,5,12H2,1-2H3/b14-4+. The summed E-state index contributed by atoms with van der Waals surface area (Å²) < 4.78 is 0. The Kier molecular flexibility index (Phi) is 4.69. The molecule has 1 aromatic rings. The third kappa shape index (κ3) is 3.28. The van der Waals surface area contributed by atoms with Gasteiger partial charge >= 0.3 is 0 Å². The average Bonchev–Trinajstić information content (AvgIpc) is 2.30. The summed E-state index contributed by atoms with van der Waals surface area (Å²) in [6.45, 7) is 8.99. The second-order valence-corrected chi connectivity index (χ2v) is 3.43. The van der Waals surface area contributed by atoms with Crippen LogP contribution >= 0.6 is 0 Å². The van der Waals surface area contributed by atoms with Gasteiger partial charge < -0.3 is 4.90 Å². The van der Waals surface area contributed by atoms with Gasteiger partial charge in [0, 0.05) is 12.2 Å². The van der Waals surface area contributed by atoms with Crippen molar-refractivity contribution in [1.29, 1.82) is 0 Å². The monoisotopic (exact) mass is 201 g/mol. The highest BCUT2D eigenvalue weighted by atomic mass is 15.1. The summed E-state index contributed by atoms with van der Waals surface area (Å²) in [6, 6.07) is 10.5. The lowest BCUT2D eigenvalue weighted by atomic mass is 10.2. The summed E-state index contributed by atoms with van der Waals surface area (Å²) in [5, 5.41) is 0. The van der Waals surface area contributed by atoms with Gasteiger partial charge in [-0.05, 0) is 25.1 Å². The maximum absolute atomic E-state index is 3.86. The number of benzene rings is 1. The average molecular weight is 201 g/mol. The molecule has 0 N–H and O–H groups in total. The van der Waals surface area contributed by atoms with Gasteiger partial charge in [-0.25, -0.2) is 0 Å². The number of nitrogens with zero attached hydrogens (tertiary/aromatic N) is 1. The molecule has 1 heteroatoms. The summed E-state index contributed by atoms with van der Waals surface area (Å²) in [6.07, 6.45) is 5.08. The van der Waals surface area contributed by atoms with Gasteiger partial charge in [0.05, 0.1) is 0 Å². The molecule has 0 aliphatic rings.